The van der Waals surface area contributed by atoms with Crippen molar-refractivity contribution >= 4 is 23.2 Å². The summed E-state index contributed by atoms with van der Waals surface area (Å²) in [4.78, 5) is 37.8. The van der Waals surface area contributed by atoms with Gasteiger partial charge in [-0.3, -0.25) is 14.4 Å². The molecule has 6 nitrogen and oxygen atoms in total. The van der Waals surface area contributed by atoms with Crippen molar-refractivity contribution in [2.75, 3.05) is 0 Å². The molecule has 7 heteroatoms. The van der Waals surface area contributed by atoms with Crippen molar-refractivity contribution < 1.29 is 9.59 Å². The van der Waals surface area contributed by atoms with Gasteiger partial charge in [0.15, 0.2) is 0 Å². The third-order valence-corrected chi connectivity index (χ3v) is 4.38. The second kappa shape index (κ2) is 7.86. The molecule has 0 unspecified atom stereocenters. The minimum atomic E-state index is -0.563. The molecule has 0 radical (unpaired) electrons. The number of hydrogen-bond acceptors (Lipinski definition) is 4. The van der Waals surface area contributed by atoms with Gasteiger partial charge < -0.3 is 15.2 Å². The smallest absolute Gasteiger partial charge is 0.257 e. The minimum absolute atomic E-state index is 0.000195. The lowest BCUT2D eigenvalue weighted by Gasteiger charge is -2.21. The van der Waals surface area contributed by atoms with Crippen molar-refractivity contribution in [1.29, 1.82) is 0 Å². The van der Waals surface area contributed by atoms with Crippen LogP contribution in [0.15, 0.2) is 34.0 Å². The molecule has 0 aliphatic carbocycles. The normalized spacial score (nSPS) is 11.5. The van der Waals surface area contributed by atoms with Gasteiger partial charge in [0.25, 0.3) is 11.8 Å². The fourth-order valence-electron chi connectivity index (χ4n) is 2.30. The van der Waals surface area contributed by atoms with Crippen LogP contribution in [0.25, 0.3) is 0 Å². The van der Waals surface area contributed by atoms with Crippen molar-refractivity contribution in [3.05, 3.63) is 56.1 Å². The molecule has 0 atom stereocenters. The molecule has 0 fully saturated rings. The maximum Gasteiger partial charge on any atom is 0.257 e. The molecule has 26 heavy (non-hydrogen) atoms. The second-order valence-electron chi connectivity index (χ2n) is 7.47. The average Bonchev–Trinajstić information content (AvgIpc) is 3.04. The van der Waals surface area contributed by atoms with Gasteiger partial charge in [0.05, 0.1) is 0 Å². The summed E-state index contributed by atoms with van der Waals surface area (Å²) < 4.78 is 1.71. The van der Waals surface area contributed by atoms with Gasteiger partial charge in [-0.25, -0.2) is 0 Å². The fourth-order valence-corrected chi connectivity index (χ4v) is 2.97. The van der Waals surface area contributed by atoms with Crippen molar-refractivity contribution in [3.8, 4) is 0 Å². The number of carbonyl (C=O) groups is 2. The average molecular weight is 375 g/mol. The van der Waals surface area contributed by atoms with E-state index in [0.29, 0.717) is 6.54 Å². The quantitative estimate of drug-likeness (QED) is 0.843. The number of thiophene rings is 1. The van der Waals surface area contributed by atoms with Gasteiger partial charge in [-0.05, 0) is 57.0 Å². The zero-order chi connectivity index (χ0) is 19.5. The summed E-state index contributed by atoms with van der Waals surface area (Å²) in [7, 11) is 0. The van der Waals surface area contributed by atoms with E-state index in [2.05, 4.69) is 10.6 Å². The van der Waals surface area contributed by atoms with E-state index in [0.717, 1.165) is 5.56 Å². The van der Waals surface area contributed by atoms with Gasteiger partial charge in [0, 0.05) is 30.5 Å². The molecule has 0 bridgehead atoms. The van der Waals surface area contributed by atoms with Crippen LogP contribution >= 0.6 is 11.3 Å². The summed E-state index contributed by atoms with van der Waals surface area (Å²) >= 11 is 1.54. The summed E-state index contributed by atoms with van der Waals surface area (Å²) in [6, 6.07) is 1.91. The van der Waals surface area contributed by atoms with Crippen molar-refractivity contribution in [1.82, 2.24) is 15.2 Å². The molecule has 0 aromatic carbocycles. The van der Waals surface area contributed by atoms with Gasteiger partial charge >= 0.3 is 0 Å². The van der Waals surface area contributed by atoms with Crippen molar-refractivity contribution in [2.24, 2.45) is 0 Å². The molecule has 2 aromatic rings. The largest absolute Gasteiger partial charge is 0.350 e. The number of nitrogens with zero attached hydrogens (tertiary/aromatic N) is 1. The Morgan fingerprint density at radius 3 is 2.27 bits per heavy atom. The summed E-state index contributed by atoms with van der Waals surface area (Å²) in [5, 5.41) is 9.38. The number of amides is 2. The standard InChI is InChI=1S/C19H25N3O3S/c1-12(2)22-9-14(17(24)20-8-13-6-7-26-11-13)16(23)15(10-22)18(25)21-19(3,4)5/h6-7,9-12H,8H2,1-5H3,(H,20,24)(H,21,25). The summed E-state index contributed by atoms with van der Waals surface area (Å²) in [5.74, 6) is -0.967. The molecule has 2 amide bonds. The number of rotatable bonds is 5. The number of nitrogens with one attached hydrogen (secondary N) is 2. The van der Waals surface area contributed by atoms with Gasteiger partial charge in [-0.1, -0.05) is 0 Å². The molecule has 2 heterocycles. The van der Waals surface area contributed by atoms with Crippen LogP contribution in [0.2, 0.25) is 0 Å². The predicted octanol–water partition coefficient (Wildman–Crippen LogP) is 2.95. The Kier molecular flexibility index (Phi) is 6.02. The lowest BCUT2D eigenvalue weighted by Crippen LogP contribution is -2.43. The first kappa shape index (κ1) is 19.9. The van der Waals surface area contributed by atoms with E-state index >= 15 is 0 Å². The lowest BCUT2D eigenvalue weighted by molar-refractivity contribution is 0.0917. The molecule has 0 saturated carbocycles. The van der Waals surface area contributed by atoms with Crippen molar-refractivity contribution in [2.45, 2.75) is 52.7 Å². The van der Waals surface area contributed by atoms with E-state index in [4.69, 9.17) is 0 Å². The first-order valence-electron chi connectivity index (χ1n) is 8.46. The molecule has 0 spiro atoms. The molecule has 2 rings (SSSR count). The maximum absolute atomic E-state index is 12.7. The third kappa shape index (κ3) is 5.05. The van der Waals surface area contributed by atoms with Crippen LogP contribution in [0.1, 0.15) is 66.9 Å². The predicted molar refractivity (Wildman–Crippen MR) is 104 cm³/mol. The Bertz CT molecular complexity index is 846. The summed E-state index contributed by atoms with van der Waals surface area (Å²) in [5.41, 5.74) is -0.142. The van der Waals surface area contributed by atoms with Crippen LogP contribution in [-0.4, -0.2) is 21.9 Å². The topological polar surface area (TPSA) is 80.2 Å². The number of hydrogen-bond donors (Lipinski definition) is 2. The van der Waals surface area contributed by atoms with Gasteiger partial charge in [0.1, 0.15) is 11.1 Å². The molecule has 2 aromatic heterocycles. The van der Waals surface area contributed by atoms with Crippen molar-refractivity contribution in [3.63, 3.8) is 0 Å². The number of carbonyl (C=O) groups excluding carboxylic acids is 2. The van der Waals surface area contributed by atoms with Gasteiger partial charge in [0.2, 0.25) is 5.43 Å². The molecular formula is C19H25N3O3S. The van der Waals surface area contributed by atoms with Gasteiger partial charge in [-0.2, -0.15) is 11.3 Å². The molecule has 0 saturated heterocycles. The van der Waals surface area contributed by atoms with Crippen LogP contribution in [0.5, 0.6) is 0 Å². The highest BCUT2D eigenvalue weighted by Gasteiger charge is 2.22. The Labute approximate surface area is 157 Å². The second-order valence-corrected chi connectivity index (χ2v) is 8.25. The SMILES string of the molecule is CC(C)n1cc(C(=O)NCc2ccsc2)c(=O)c(C(=O)NC(C)(C)C)c1. The maximum atomic E-state index is 12.7. The van der Waals surface area contributed by atoms with Crippen LogP contribution in [-0.2, 0) is 6.54 Å². The van der Waals surface area contributed by atoms with E-state index in [1.165, 1.54) is 23.7 Å². The first-order chi connectivity index (χ1) is 12.1. The van der Waals surface area contributed by atoms with E-state index in [-0.39, 0.29) is 17.2 Å². The van der Waals surface area contributed by atoms with E-state index in [1.54, 1.807) is 4.57 Å². The number of aromatic nitrogens is 1. The zero-order valence-electron chi connectivity index (χ0n) is 15.8. The lowest BCUT2D eigenvalue weighted by atomic mass is 10.1. The molecule has 0 aliphatic heterocycles. The van der Waals surface area contributed by atoms with Crippen LogP contribution in [0.3, 0.4) is 0 Å². The zero-order valence-corrected chi connectivity index (χ0v) is 16.6. The minimum Gasteiger partial charge on any atom is -0.350 e. The van der Waals surface area contributed by atoms with Crippen LogP contribution in [0, 0.1) is 0 Å². The van der Waals surface area contributed by atoms with E-state index in [1.807, 2.05) is 51.4 Å². The molecule has 2 N–H and O–H groups in total. The number of pyridine rings is 1. The Balaban J connectivity index is 2.37. The van der Waals surface area contributed by atoms with Crippen LogP contribution < -0.4 is 16.1 Å². The highest BCUT2D eigenvalue weighted by molar-refractivity contribution is 7.07. The molecule has 0 aliphatic rings. The summed E-state index contributed by atoms with van der Waals surface area (Å²) in [6.07, 6.45) is 3.01. The fraction of sp³-hybridized carbons (Fsp3) is 0.421. The Morgan fingerprint density at radius 1 is 1.15 bits per heavy atom. The third-order valence-electron chi connectivity index (χ3n) is 3.65. The van der Waals surface area contributed by atoms with Crippen LogP contribution in [0.4, 0.5) is 0 Å². The van der Waals surface area contributed by atoms with E-state index < -0.39 is 22.8 Å². The monoisotopic (exact) mass is 375 g/mol. The molecular weight excluding hydrogens is 350 g/mol. The first-order valence-corrected chi connectivity index (χ1v) is 9.40. The Hall–Kier alpha value is -2.41. The van der Waals surface area contributed by atoms with E-state index in [9.17, 15) is 14.4 Å². The highest BCUT2D eigenvalue weighted by Crippen LogP contribution is 2.10. The van der Waals surface area contributed by atoms with Gasteiger partial charge in [-0.15, -0.1) is 0 Å². The Morgan fingerprint density at radius 2 is 1.77 bits per heavy atom. The highest BCUT2D eigenvalue weighted by atomic mass is 32.1. The molecule has 140 valence electrons. The summed E-state index contributed by atoms with van der Waals surface area (Å²) in [6.45, 7) is 9.68.